The molecule has 0 bridgehead atoms. The summed E-state index contributed by atoms with van der Waals surface area (Å²) >= 11 is 0. The summed E-state index contributed by atoms with van der Waals surface area (Å²) in [5, 5.41) is 7.93. The zero-order valence-electron chi connectivity index (χ0n) is 11.9. The summed E-state index contributed by atoms with van der Waals surface area (Å²) < 4.78 is 2.08. The molecule has 2 aromatic rings. The monoisotopic (exact) mass is 258 g/mol. The van der Waals surface area contributed by atoms with E-state index < -0.39 is 0 Å². The van der Waals surface area contributed by atoms with Gasteiger partial charge < -0.3 is 5.32 Å². The van der Waals surface area contributed by atoms with Gasteiger partial charge in [-0.1, -0.05) is 19.9 Å². The largest absolute Gasteiger partial charge is 0.305 e. The molecule has 0 spiro atoms. The number of rotatable bonds is 6. The minimum Gasteiger partial charge on any atom is -0.305 e. The van der Waals surface area contributed by atoms with Crippen LogP contribution in [0.15, 0.2) is 30.6 Å². The van der Waals surface area contributed by atoms with Crippen molar-refractivity contribution in [2.75, 3.05) is 6.54 Å². The number of aromatic nitrogens is 3. The lowest BCUT2D eigenvalue weighted by Gasteiger charge is -2.19. The molecule has 19 heavy (non-hydrogen) atoms. The first kappa shape index (κ1) is 13.7. The maximum Gasteiger partial charge on any atom is 0.0763 e. The molecule has 2 heterocycles. The maximum atomic E-state index is 4.41. The fourth-order valence-electron chi connectivity index (χ4n) is 2.23. The van der Waals surface area contributed by atoms with Gasteiger partial charge in [-0.05, 0) is 37.6 Å². The molecule has 0 saturated carbocycles. The third-order valence-corrected chi connectivity index (χ3v) is 3.16. The SMILES string of the molecule is CCCn1nccc1C(NCC)c1ccc(C)nc1. The molecule has 0 aromatic carbocycles. The van der Waals surface area contributed by atoms with Crippen LogP contribution in [0.25, 0.3) is 0 Å². The van der Waals surface area contributed by atoms with Gasteiger partial charge >= 0.3 is 0 Å². The molecule has 0 amide bonds. The Bertz CT molecular complexity index is 501. The number of hydrogen-bond donors (Lipinski definition) is 1. The van der Waals surface area contributed by atoms with E-state index in [0.717, 1.165) is 25.2 Å². The standard InChI is InChI=1S/C15H22N4/c1-4-10-19-14(8-9-18-19)15(16-5-2)13-7-6-12(3)17-11-13/h6-9,11,15-16H,4-5,10H2,1-3H3. The van der Waals surface area contributed by atoms with E-state index in [2.05, 4.69) is 52.1 Å². The van der Waals surface area contributed by atoms with Crippen molar-refractivity contribution in [3.05, 3.63) is 47.5 Å². The number of aryl methyl sites for hydroxylation is 2. The van der Waals surface area contributed by atoms with Gasteiger partial charge in [-0.3, -0.25) is 9.67 Å². The van der Waals surface area contributed by atoms with Crippen molar-refractivity contribution in [1.29, 1.82) is 0 Å². The highest BCUT2D eigenvalue weighted by Crippen LogP contribution is 2.21. The second-order valence-electron chi connectivity index (χ2n) is 4.70. The van der Waals surface area contributed by atoms with E-state index in [0.29, 0.717) is 0 Å². The zero-order valence-corrected chi connectivity index (χ0v) is 11.9. The van der Waals surface area contributed by atoms with Crippen LogP contribution in [-0.2, 0) is 6.54 Å². The maximum absolute atomic E-state index is 4.41. The lowest BCUT2D eigenvalue weighted by molar-refractivity contribution is 0.519. The normalized spacial score (nSPS) is 12.6. The first-order valence-corrected chi connectivity index (χ1v) is 6.93. The molecule has 2 aromatic heterocycles. The summed E-state index contributed by atoms with van der Waals surface area (Å²) in [6.45, 7) is 8.16. The Balaban J connectivity index is 2.33. The van der Waals surface area contributed by atoms with E-state index in [1.54, 1.807) is 0 Å². The van der Waals surface area contributed by atoms with Crippen LogP contribution in [0.2, 0.25) is 0 Å². The van der Waals surface area contributed by atoms with E-state index in [1.807, 2.05) is 19.3 Å². The second kappa shape index (κ2) is 6.48. The summed E-state index contributed by atoms with van der Waals surface area (Å²) in [5.41, 5.74) is 3.43. The highest BCUT2D eigenvalue weighted by molar-refractivity contribution is 5.26. The lowest BCUT2D eigenvalue weighted by Crippen LogP contribution is -2.25. The van der Waals surface area contributed by atoms with Crippen LogP contribution in [-0.4, -0.2) is 21.3 Å². The van der Waals surface area contributed by atoms with Gasteiger partial charge in [-0.15, -0.1) is 0 Å². The quantitative estimate of drug-likeness (QED) is 0.866. The Morgan fingerprint density at radius 3 is 2.74 bits per heavy atom. The molecule has 1 atom stereocenters. The molecule has 0 fully saturated rings. The fraction of sp³-hybridized carbons (Fsp3) is 0.467. The van der Waals surface area contributed by atoms with E-state index in [9.17, 15) is 0 Å². The van der Waals surface area contributed by atoms with Gasteiger partial charge in [-0.2, -0.15) is 5.10 Å². The van der Waals surface area contributed by atoms with Crippen LogP contribution in [0.1, 0.15) is 43.3 Å². The van der Waals surface area contributed by atoms with Crippen molar-refractivity contribution in [1.82, 2.24) is 20.1 Å². The highest BCUT2D eigenvalue weighted by Gasteiger charge is 2.17. The van der Waals surface area contributed by atoms with Crippen LogP contribution < -0.4 is 5.32 Å². The van der Waals surface area contributed by atoms with Crippen LogP contribution in [0.3, 0.4) is 0 Å². The molecule has 0 aliphatic heterocycles. The summed E-state index contributed by atoms with van der Waals surface area (Å²) in [7, 11) is 0. The van der Waals surface area contributed by atoms with Crippen molar-refractivity contribution in [3.63, 3.8) is 0 Å². The first-order valence-electron chi connectivity index (χ1n) is 6.93. The third-order valence-electron chi connectivity index (χ3n) is 3.16. The van der Waals surface area contributed by atoms with Crippen molar-refractivity contribution in [2.24, 2.45) is 0 Å². The second-order valence-corrected chi connectivity index (χ2v) is 4.70. The van der Waals surface area contributed by atoms with E-state index >= 15 is 0 Å². The summed E-state index contributed by atoms with van der Waals surface area (Å²) in [5.74, 6) is 0. The molecule has 0 radical (unpaired) electrons. The molecule has 0 aliphatic carbocycles. The van der Waals surface area contributed by atoms with Crippen molar-refractivity contribution < 1.29 is 0 Å². The molecular weight excluding hydrogens is 236 g/mol. The van der Waals surface area contributed by atoms with Crippen molar-refractivity contribution >= 4 is 0 Å². The summed E-state index contributed by atoms with van der Waals surface area (Å²) in [4.78, 5) is 4.40. The van der Waals surface area contributed by atoms with Gasteiger partial charge in [-0.25, -0.2) is 0 Å². The van der Waals surface area contributed by atoms with Crippen LogP contribution in [0.4, 0.5) is 0 Å². The predicted octanol–water partition coefficient (Wildman–Crippen LogP) is 2.70. The molecule has 0 aliphatic rings. The van der Waals surface area contributed by atoms with Gasteiger partial charge in [0.2, 0.25) is 0 Å². The Morgan fingerprint density at radius 2 is 2.11 bits per heavy atom. The molecule has 1 unspecified atom stereocenters. The van der Waals surface area contributed by atoms with Gasteiger partial charge in [0.05, 0.1) is 11.7 Å². The van der Waals surface area contributed by atoms with E-state index in [4.69, 9.17) is 0 Å². The molecule has 4 nitrogen and oxygen atoms in total. The number of nitrogens with one attached hydrogen (secondary N) is 1. The molecule has 4 heteroatoms. The van der Waals surface area contributed by atoms with Gasteiger partial charge in [0.25, 0.3) is 0 Å². The Hall–Kier alpha value is -1.68. The van der Waals surface area contributed by atoms with Crippen LogP contribution in [0.5, 0.6) is 0 Å². The molecule has 0 saturated heterocycles. The van der Waals surface area contributed by atoms with Crippen LogP contribution >= 0.6 is 0 Å². The number of hydrogen-bond acceptors (Lipinski definition) is 3. The number of nitrogens with zero attached hydrogens (tertiary/aromatic N) is 3. The highest BCUT2D eigenvalue weighted by atomic mass is 15.3. The Labute approximate surface area is 114 Å². The van der Waals surface area contributed by atoms with Crippen molar-refractivity contribution in [3.8, 4) is 0 Å². The average molecular weight is 258 g/mol. The molecule has 102 valence electrons. The van der Waals surface area contributed by atoms with Crippen LogP contribution in [0, 0.1) is 6.92 Å². The fourth-order valence-corrected chi connectivity index (χ4v) is 2.23. The van der Waals surface area contributed by atoms with Gasteiger partial charge in [0.1, 0.15) is 0 Å². The molecule has 1 N–H and O–H groups in total. The average Bonchev–Trinajstić information content (AvgIpc) is 2.86. The van der Waals surface area contributed by atoms with E-state index in [-0.39, 0.29) is 6.04 Å². The topological polar surface area (TPSA) is 42.7 Å². The number of pyridine rings is 1. The van der Waals surface area contributed by atoms with Gasteiger partial charge in [0, 0.05) is 24.6 Å². The molecular formula is C15H22N4. The Morgan fingerprint density at radius 1 is 1.26 bits per heavy atom. The van der Waals surface area contributed by atoms with E-state index in [1.165, 1.54) is 11.3 Å². The Kier molecular flexibility index (Phi) is 4.68. The minimum absolute atomic E-state index is 0.159. The third kappa shape index (κ3) is 3.20. The molecule has 2 rings (SSSR count). The smallest absolute Gasteiger partial charge is 0.0763 e. The van der Waals surface area contributed by atoms with Gasteiger partial charge in [0.15, 0.2) is 0 Å². The summed E-state index contributed by atoms with van der Waals surface area (Å²) in [6, 6.07) is 6.44. The lowest BCUT2D eigenvalue weighted by atomic mass is 10.1. The first-order chi connectivity index (χ1) is 9.26. The zero-order chi connectivity index (χ0) is 13.7. The minimum atomic E-state index is 0.159. The summed E-state index contributed by atoms with van der Waals surface area (Å²) in [6.07, 6.45) is 4.91. The van der Waals surface area contributed by atoms with Crippen molar-refractivity contribution in [2.45, 2.75) is 39.8 Å². The predicted molar refractivity (Wildman–Crippen MR) is 77.0 cm³/mol.